The second-order valence-electron chi connectivity index (χ2n) is 9.97. The van der Waals surface area contributed by atoms with Gasteiger partial charge in [-0.1, -0.05) is 64.4 Å². The van der Waals surface area contributed by atoms with Gasteiger partial charge in [0, 0.05) is 13.3 Å². The van der Waals surface area contributed by atoms with E-state index in [-0.39, 0.29) is 41.6 Å². The maximum Gasteiger partial charge on any atom is 0.328 e. The highest BCUT2D eigenvalue weighted by atomic mass is 32.2. The van der Waals surface area contributed by atoms with Crippen molar-refractivity contribution in [1.82, 2.24) is 10.6 Å². The number of ether oxygens (including phenoxy) is 1. The van der Waals surface area contributed by atoms with Crippen LogP contribution in [0.3, 0.4) is 0 Å². The molecule has 1 fully saturated rings. The molecule has 1 aliphatic carbocycles. The van der Waals surface area contributed by atoms with E-state index in [2.05, 4.69) is 10.6 Å². The van der Waals surface area contributed by atoms with E-state index >= 15 is 0 Å². The summed E-state index contributed by atoms with van der Waals surface area (Å²) in [4.78, 5) is 51.3. The van der Waals surface area contributed by atoms with Gasteiger partial charge in [-0.25, -0.2) is 4.79 Å². The average molecular weight is 507 g/mol. The number of hydrogen-bond acceptors (Lipinski definition) is 7. The van der Waals surface area contributed by atoms with Crippen LogP contribution in [0.1, 0.15) is 65.9 Å². The van der Waals surface area contributed by atoms with Crippen molar-refractivity contribution in [3.8, 4) is 5.75 Å². The maximum atomic E-state index is 13.6. The minimum Gasteiger partial charge on any atom is -0.508 e. The van der Waals surface area contributed by atoms with Gasteiger partial charge in [0.15, 0.2) is 5.12 Å². The van der Waals surface area contributed by atoms with Crippen molar-refractivity contribution in [2.24, 2.45) is 11.8 Å². The third kappa shape index (κ3) is 8.56. The van der Waals surface area contributed by atoms with E-state index in [1.165, 1.54) is 19.1 Å². The molecular weight excluding hydrogens is 468 g/mol. The molecule has 0 saturated heterocycles. The van der Waals surface area contributed by atoms with Crippen LogP contribution in [0.25, 0.3) is 0 Å². The summed E-state index contributed by atoms with van der Waals surface area (Å²) in [6.45, 7) is 9.21. The molecule has 0 aliphatic heterocycles. The van der Waals surface area contributed by atoms with Crippen LogP contribution in [0, 0.1) is 11.8 Å². The Hall–Kier alpha value is -2.55. The Balaban J connectivity index is 2.23. The third-order valence-electron chi connectivity index (χ3n) is 5.94. The molecule has 8 nitrogen and oxygen atoms in total. The molecule has 0 radical (unpaired) electrons. The van der Waals surface area contributed by atoms with E-state index in [4.69, 9.17) is 4.74 Å². The first-order valence-electron chi connectivity index (χ1n) is 12.2. The largest absolute Gasteiger partial charge is 0.508 e. The van der Waals surface area contributed by atoms with Gasteiger partial charge in [0.05, 0.1) is 11.9 Å². The predicted octanol–water partition coefficient (Wildman–Crippen LogP) is 3.35. The van der Waals surface area contributed by atoms with Gasteiger partial charge in [-0.3, -0.25) is 14.4 Å². The minimum absolute atomic E-state index is 0.0985. The summed E-state index contributed by atoms with van der Waals surface area (Å²) >= 11 is 0.963. The summed E-state index contributed by atoms with van der Waals surface area (Å²) in [6.07, 6.45) is 2.61. The molecule has 2 rings (SSSR count). The smallest absolute Gasteiger partial charge is 0.328 e. The number of carbonyl (C=O) groups excluding carboxylic acids is 4. The summed E-state index contributed by atoms with van der Waals surface area (Å²) in [5.74, 6) is -1.19. The molecule has 0 spiro atoms. The van der Waals surface area contributed by atoms with Crippen LogP contribution in [-0.4, -0.2) is 51.4 Å². The molecule has 0 unspecified atom stereocenters. The second kappa shape index (κ2) is 13.0. The van der Waals surface area contributed by atoms with E-state index in [1.54, 1.807) is 12.1 Å². The zero-order valence-electron chi connectivity index (χ0n) is 21.3. The molecule has 1 aromatic rings. The number of rotatable bonds is 11. The van der Waals surface area contributed by atoms with Crippen LogP contribution in [0.15, 0.2) is 24.3 Å². The number of carbonyl (C=O) groups is 4. The van der Waals surface area contributed by atoms with Crippen molar-refractivity contribution in [2.45, 2.75) is 83.6 Å². The molecule has 9 heteroatoms. The first kappa shape index (κ1) is 28.7. The molecule has 35 heavy (non-hydrogen) atoms. The van der Waals surface area contributed by atoms with Gasteiger partial charge in [-0.2, -0.15) is 0 Å². The molecule has 2 amide bonds. The number of amides is 2. The lowest BCUT2D eigenvalue weighted by molar-refractivity contribution is -0.149. The summed E-state index contributed by atoms with van der Waals surface area (Å²) in [7, 11) is 0. The van der Waals surface area contributed by atoms with Crippen molar-refractivity contribution < 1.29 is 29.0 Å². The standard InChI is InChI=1S/C26H38N2O6S/c1-16(2)15-34-24(32)21(14-19-8-10-20(30)11-9-19)27-25(33)26(12-6-7-13-26)28-23(31)22(17(3)4)35-18(5)29/h8-11,16-17,21-22,30H,6-7,12-15H2,1-5H3,(H,27,33)(H,28,31)/t21-,22-/m0/s1. The first-order chi connectivity index (χ1) is 16.4. The topological polar surface area (TPSA) is 122 Å². The Labute approximate surface area is 212 Å². The monoisotopic (exact) mass is 506 g/mol. The maximum absolute atomic E-state index is 13.6. The molecule has 0 heterocycles. The van der Waals surface area contributed by atoms with Gasteiger partial charge in [-0.05, 0) is 42.4 Å². The first-order valence-corrected chi connectivity index (χ1v) is 13.1. The summed E-state index contributed by atoms with van der Waals surface area (Å²) in [6, 6.07) is 5.45. The van der Waals surface area contributed by atoms with Crippen LogP contribution < -0.4 is 10.6 Å². The van der Waals surface area contributed by atoms with Crippen molar-refractivity contribution in [3.63, 3.8) is 0 Å². The Bertz CT molecular complexity index is 894. The van der Waals surface area contributed by atoms with E-state index in [0.717, 1.165) is 30.2 Å². The molecule has 1 saturated carbocycles. The van der Waals surface area contributed by atoms with Crippen LogP contribution in [0.4, 0.5) is 0 Å². The van der Waals surface area contributed by atoms with Gasteiger partial charge in [0.2, 0.25) is 11.8 Å². The molecule has 194 valence electrons. The van der Waals surface area contributed by atoms with Crippen LogP contribution in [0.5, 0.6) is 5.75 Å². The molecular formula is C26H38N2O6S. The number of nitrogens with one attached hydrogen (secondary N) is 2. The molecule has 1 aromatic carbocycles. The number of thioether (sulfide) groups is 1. The van der Waals surface area contributed by atoms with E-state index < -0.39 is 28.7 Å². The zero-order chi connectivity index (χ0) is 26.2. The van der Waals surface area contributed by atoms with Gasteiger partial charge in [0.1, 0.15) is 17.3 Å². The van der Waals surface area contributed by atoms with Gasteiger partial charge in [-0.15, -0.1) is 0 Å². The van der Waals surface area contributed by atoms with Crippen molar-refractivity contribution >= 4 is 34.7 Å². The molecule has 0 bridgehead atoms. The SMILES string of the molecule is CC(=O)S[C@H](C(=O)NC1(C(=O)N[C@@H](Cc2ccc(O)cc2)C(=O)OCC(C)C)CCCC1)C(C)C. The van der Waals surface area contributed by atoms with Crippen LogP contribution in [0.2, 0.25) is 0 Å². The highest BCUT2D eigenvalue weighted by Crippen LogP contribution is 2.32. The summed E-state index contributed by atoms with van der Waals surface area (Å²) < 4.78 is 5.42. The molecule has 0 aromatic heterocycles. The average Bonchev–Trinajstić information content (AvgIpc) is 3.26. The van der Waals surface area contributed by atoms with Gasteiger partial charge in [0.25, 0.3) is 0 Å². The van der Waals surface area contributed by atoms with Crippen LogP contribution in [-0.2, 0) is 30.3 Å². The molecule has 1 aliphatic rings. The fraction of sp³-hybridized carbons (Fsp3) is 0.615. The Morgan fingerprint density at radius 3 is 2.17 bits per heavy atom. The number of aromatic hydroxyl groups is 1. The number of hydrogen-bond donors (Lipinski definition) is 3. The van der Waals surface area contributed by atoms with E-state index in [0.29, 0.717) is 12.8 Å². The zero-order valence-corrected chi connectivity index (χ0v) is 22.1. The van der Waals surface area contributed by atoms with Crippen molar-refractivity contribution in [2.75, 3.05) is 6.61 Å². The quantitative estimate of drug-likeness (QED) is 0.394. The van der Waals surface area contributed by atoms with Crippen LogP contribution >= 0.6 is 11.8 Å². The highest BCUT2D eigenvalue weighted by Gasteiger charge is 2.45. The normalized spacial score (nSPS) is 16.5. The summed E-state index contributed by atoms with van der Waals surface area (Å²) in [5, 5.41) is 14.6. The number of benzene rings is 1. The highest BCUT2D eigenvalue weighted by molar-refractivity contribution is 8.14. The number of esters is 1. The van der Waals surface area contributed by atoms with Gasteiger partial charge >= 0.3 is 5.97 Å². The predicted molar refractivity (Wildman–Crippen MR) is 136 cm³/mol. The number of phenolic OH excluding ortho intramolecular Hbond substituents is 1. The van der Waals surface area contributed by atoms with E-state index in [9.17, 15) is 24.3 Å². The minimum atomic E-state index is -1.15. The Morgan fingerprint density at radius 2 is 1.66 bits per heavy atom. The van der Waals surface area contributed by atoms with Gasteiger partial charge < -0.3 is 20.5 Å². The molecule has 2 atom stereocenters. The Morgan fingerprint density at radius 1 is 1.06 bits per heavy atom. The summed E-state index contributed by atoms with van der Waals surface area (Å²) in [5.41, 5.74) is -0.399. The number of phenols is 1. The lowest BCUT2D eigenvalue weighted by Crippen LogP contribution is -2.61. The van der Waals surface area contributed by atoms with Crippen molar-refractivity contribution in [1.29, 1.82) is 0 Å². The third-order valence-corrected chi connectivity index (χ3v) is 7.28. The fourth-order valence-corrected chi connectivity index (χ4v) is 4.87. The second-order valence-corrected chi connectivity index (χ2v) is 11.3. The lowest BCUT2D eigenvalue weighted by atomic mass is 9.94. The lowest BCUT2D eigenvalue weighted by Gasteiger charge is -2.33. The van der Waals surface area contributed by atoms with Crippen molar-refractivity contribution in [3.05, 3.63) is 29.8 Å². The fourth-order valence-electron chi connectivity index (χ4n) is 4.07. The Kier molecular flexibility index (Phi) is 10.6. The van der Waals surface area contributed by atoms with E-state index in [1.807, 2.05) is 27.7 Å². The molecule has 3 N–H and O–H groups in total.